The monoisotopic (exact) mass is 370 g/mol. The topological polar surface area (TPSA) is 42.4 Å². The molecule has 4 nitrogen and oxygen atoms in total. The summed E-state index contributed by atoms with van der Waals surface area (Å²) in [7, 11) is 0. The fraction of sp³-hybridized carbons (Fsp3) is 0.429. The Hall–Kier alpha value is -2.14. The summed E-state index contributed by atoms with van der Waals surface area (Å²) < 4.78 is 5.89. The van der Waals surface area contributed by atoms with Gasteiger partial charge in [0.05, 0.1) is 18.7 Å². The molecular weight excluding hydrogens is 344 g/mol. The minimum Gasteiger partial charge on any atom is -0.493 e. The number of hydrogen-bond acceptors (Lipinski definition) is 4. The molecule has 1 aromatic heterocycles. The highest BCUT2D eigenvalue weighted by Crippen LogP contribution is 2.32. The van der Waals surface area contributed by atoms with Crippen LogP contribution in [0.3, 0.4) is 0 Å². The number of hydrogen-bond donors (Lipinski definition) is 0. The number of anilines is 1. The Balaban J connectivity index is 1.65. The number of ether oxygens (including phenoxy) is 1. The predicted molar refractivity (Wildman–Crippen MR) is 107 cm³/mol. The molecule has 0 fully saturated rings. The molecule has 0 spiro atoms. The van der Waals surface area contributed by atoms with Crippen LogP contribution in [0, 0.1) is 13.8 Å². The molecule has 0 N–H and O–H groups in total. The van der Waals surface area contributed by atoms with E-state index >= 15 is 0 Å². The van der Waals surface area contributed by atoms with Crippen molar-refractivity contribution in [2.45, 2.75) is 46.0 Å². The quantitative estimate of drug-likeness (QED) is 0.668. The van der Waals surface area contributed by atoms with Gasteiger partial charge in [-0.1, -0.05) is 24.3 Å². The lowest BCUT2D eigenvalue weighted by Crippen LogP contribution is -2.32. The first-order chi connectivity index (χ1) is 12.6. The van der Waals surface area contributed by atoms with Crippen molar-refractivity contribution in [2.24, 2.45) is 0 Å². The van der Waals surface area contributed by atoms with Gasteiger partial charge in [-0.05, 0) is 50.7 Å². The number of benzene rings is 1. The standard InChI is InChI=1S/C21H26N2O2S/c1-4-13-23(21-22-17-10-5-6-11-18(17)26-21)19(24)12-14-25-20-15(2)8-7-9-16(20)3/h4,7-9H,1,5-6,10-14H2,2-3H3. The van der Waals surface area contributed by atoms with Crippen molar-refractivity contribution in [3.63, 3.8) is 0 Å². The minimum atomic E-state index is 0.0298. The van der Waals surface area contributed by atoms with Gasteiger partial charge in [-0.15, -0.1) is 17.9 Å². The lowest BCUT2D eigenvalue weighted by molar-refractivity contribution is -0.119. The number of carbonyl (C=O) groups excluding carboxylic acids is 1. The Kier molecular flexibility index (Phi) is 6.09. The maximum atomic E-state index is 12.8. The maximum absolute atomic E-state index is 12.8. The van der Waals surface area contributed by atoms with E-state index in [9.17, 15) is 4.79 Å². The molecule has 5 heteroatoms. The van der Waals surface area contributed by atoms with Crippen LogP contribution in [0.1, 0.15) is 41.0 Å². The minimum absolute atomic E-state index is 0.0298. The first-order valence-electron chi connectivity index (χ1n) is 9.19. The molecule has 26 heavy (non-hydrogen) atoms. The van der Waals surface area contributed by atoms with Crippen molar-refractivity contribution in [3.05, 3.63) is 52.6 Å². The molecule has 0 radical (unpaired) electrons. The largest absolute Gasteiger partial charge is 0.493 e. The van der Waals surface area contributed by atoms with Gasteiger partial charge in [-0.2, -0.15) is 0 Å². The number of nitrogens with zero attached hydrogens (tertiary/aromatic N) is 2. The number of para-hydroxylation sites is 1. The van der Waals surface area contributed by atoms with E-state index in [2.05, 4.69) is 6.58 Å². The third-order valence-electron chi connectivity index (χ3n) is 4.65. The van der Waals surface area contributed by atoms with E-state index in [1.807, 2.05) is 32.0 Å². The van der Waals surface area contributed by atoms with Gasteiger partial charge in [-0.3, -0.25) is 9.69 Å². The second-order valence-corrected chi connectivity index (χ2v) is 7.75. The molecule has 1 aromatic carbocycles. The molecule has 1 amide bonds. The molecule has 0 atom stereocenters. The van der Waals surface area contributed by atoms with Crippen LogP contribution in [-0.2, 0) is 17.6 Å². The van der Waals surface area contributed by atoms with E-state index < -0.39 is 0 Å². The molecule has 3 rings (SSSR count). The van der Waals surface area contributed by atoms with Crippen molar-refractivity contribution >= 4 is 22.4 Å². The average Bonchev–Trinajstić information content (AvgIpc) is 3.05. The van der Waals surface area contributed by atoms with Crippen LogP contribution < -0.4 is 9.64 Å². The van der Waals surface area contributed by atoms with Gasteiger partial charge in [0, 0.05) is 11.4 Å². The molecule has 0 saturated heterocycles. The van der Waals surface area contributed by atoms with Crippen molar-refractivity contribution < 1.29 is 9.53 Å². The Bertz CT molecular complexity index is 754. The molecule has 2 aromatic rings. The second kappa shape index (κ2) is 8.49. The van der Waals surface area contributed by atoms with Crippen LogP contribution >= 0.6 is 11.3 Å². The number of aryl methyl sites for hydroxylation is 4. The summed E-state index contributed by atoms with van der Waals surface area (Å²) >= 11 is 1.65. The van der Waals surface area contributed by atoms with E-state index in [1.165, 1.54) is 23.4 Å². The average molecular weight is 371 g/mol. The first kappa shape index (κ1) is 18.6. The van der Waals surface area contributed by atoms with Crippen LogP contribution in [0.4, 0.5) is 5.13 Å². The lowest BCUT2D eigenvalue weighted by Gasteiger charge is -2.18. The maximum Gasteiger partial charge on any atom is 0.232 e. The summed E-state index contributed by atoms with van der Waals surface area (Å²) in [6.45, 7) is 8.68. The number of thiazole rings is 1. The van der Waals surface area contributed by atoms with E-state index in [0.717, 1.165) is 34.8 Å². The fourth-order valence-corrected chi connectivity index (χ4v) is 4.45. The van der Waals surface area contributed by atoms with Crippen LogP contribution in [0.25, 0.3) is 0 Å². The lowest BCUT2D eigenvalue weighted by atomic mass is 10.0. The van der Waals surface area contributed by atoms with Gasteiger partial charge < -0.3 is 4.74 Å². The number of amides is 1. The summed E-state index contributed by atoms with van der Waals surface area (Å²) in [4.78, 5) is 20.6. The third kappa shape index (κ3) is 4.15. The third-order valence-corrected chi connectivity index (χ3v) is 5.83. The second-order valence-electron chi connectivity index (χ2n) is 6.69. The van der Waals surface area contributed by atoms with Gasteiger partial charge in [0.15, 0.2) is 5.13 Å². The molecule has 0 bridgehead atoms. The summed E-state index contributed by atoms with van der Waals surface area (Å²) in [6, 6.07) is 6.06. The SMILES string of the molecule is C=CCN(C(=O)CCOc1c(C)cccc1C)c1nc2c(s1)CCCC2. The molecule has 1 heterocycles. The normalized spacial score (nSPS) is 13.2. The van der Waals surface area contributed by atoms with Crippen LogP contribution in [0.2, 0.25) is 0 Å². The molecule has 0 unspecified atom stereocenters. The molecule has 0 aliphatic heterocycles. The molecule has 1 aliphatic rings. The van der Waals surface area contributed by atoms with E-state index in [-0.39, 0.29) is 5.91 Å². The number of carbonyl (C=O) groups is 1. The smallest absolute Gasteiger partial charge is 0.232 e. The van der Waals surface area contributed by atoms with E-state index in [0.29, 0.717) is 19.6 Å². The number of aromatic nitrogens is 1. The summed E-state index contributed by atoms with van der Waals surface area (Å²) in [5, 5.41) is 0.800. The van der Waals surface area contributed by atoms with E-state index in [1.54, 1.807) is 22.3 Å². The highest BCUT2D eigenvalue weighted by atomic mass is 32.1. The molecule has 0 saturated carbocycles. The Labute approximate surface area is 159 Å². The van der Waals surface area contributed by atoms with Crippen LogP contribution in [0.15, 0.2) is 30.9 Å². The van der Waals surface area contributed by atoms with Crippen LogP contribution in [-0.4, -0.2) is 24.0 Å². The van der Waals surface area contributed by atoms with Gasteiger partial charge >= 0.3 is 0 Å². The molecule has 138 valence electrons. The summed E-state index contributed by atoms with van der Waals surface area (Å²) in [5.41, 5.74) is 3.35. The zero-order valence-corrected chi connectivity index (χ0v) is 16.4. The van der Waals surface area contributed by atoms with Crippen molar-refractivity contribution in [2.75, 3.05) is 18.1 Å². The summed E-state index contributed by atoms with van der Waals surface area (Å²) in [6.07, 6.45) is 6.59. The highest BCUT2D eigenvalue weighted by Gasteiger charge is 2.22. The number of fused-ring (bicyclic) bond motifs is 1. The van der Waals surface area contributed by atoms with Gasteiger partial charge in [0.25, 0.3) is 0 Å². The van der Waals surface area contributed by atoms with Crippen molar-refractivity contribution in [1.29, 1.82) is 0 Å². The van der Waals surface area contributed by atoms with Gasteiger partial charge in [-0.25, -0.2) is 4.98 Å². The first-order valence-corrected chi connectivity index (χ1v) is 10.0. The van der Waals surface area contributed by atoms with Crippen molar-refractivity contribution in [3.8, 4) is 5.75 Å². The Morgan fingerprint density at radius 3 is 2.73 bits per heavy atom. The van der Waals surface area contributed by atoms with Gasteiger partial charge in [0.2, 0.25) is 5.91 Å². The highest BCUT2D eigenvalue weighted by molar-refractivity contribution is 7.16. The van der Waals surface area contributed by atoms with Gasteiger partial charge in [0.1, 0.15) is 5.75 Å². The number of rotatable bonds is 7. The molecule has 1 aliphatic carbocycles. The Morgan fingerprint density at radius 2 is 2.04 bits per heavy atom. The van der Waals surface area contributed by atoms with Crippen molar-refractivity contribution in [1.82, 2.24) is 4.98 Å². The fourth-order valence-electron chi connectivity index (χ4n) is 3.27. The van der Waals surface area contributed by atoms with E-state index in [4.69, 9.17) is 9.72 Å². The Morgan fingerprint density at radius 1 is 1.31 bits per heavy atom. The zero-order chi connectivity index (χ0) is 18.5. The van der Waals surface area contributed by atoms with Crippen LogP contribution in [0.5, 0.6) is 5.75 Å². The summed E-state index contributed by atoms with van der Waals surface area (Å²) in [5.74, 6) is 0.905. The zero-order valence-electron chi connectivity index (χ0n) is 15.6. The predicted octanol–water partition coefficient (Wildman–Crippen LogP) is 4.63. The molecular formula is C21H26N2O2S.